The van der Waals surface area contributed by atoms with Gasteiger partial charge in [0.1, 0.15) is 12.2 Å². The highest BCUT2D eigenvalue weighted by molar-refractivity contribution is 9.07. The van der Waals surface area contributed by atoms with Gasteiger partial charge in [0, 0.05) is 35.9 Å². The van der Waals surface area contributed by atoms with Crippen LogP contribution in [0.3, 0.4) is 0 Å². The maximum Gasteiger partial charge on any atom is 0.260 e. The van der Waals surface area contributed by atoms with Crippen molar-refractivity contribution >= 4 is 55.0 Å². The lowest BCUT2D eigenvalue weighted by Gasteiger charge is -2.42. The Bertz CT molecular complexity index is 1950. The van der Waals surface area contributed by atoms with Gasteiger partial charge in [-0.05, 0) is 60.5 Å². The molecule has 242 valence electrons. The van der Waals surface area contributed by atoms with Crippen molar-refractivity contribution in [3.63, 3.8) is 0 Å². The number of ether oxygens (including phenoxy) is 2. The highest BCUT2D eigenvalue weighted by atomic mass is 79.9. The number of thiazole rings is 1. The number of hydrogen-bond acceptors (Lipinski definition) is 10. The van der Waals surface area contributed by atoms with Crippen LogP contribution in [-0.2, 0) is 38.2 Å². The van der Waals surface area contributed by atoms with E-state index in [0.29, 0.717) is 30.7 Å². The van der Waals surface area contributed by atoms with Crippen LogP contribution in [0.1, 0.15) is 22.6 Å². The van der Waals surface area contributed by atoms with Gasteiger partial charge < -0.3 is 14.8 Å². The summed E-state index contributed by atoms with van der Waals surface area (Å²) in [6.07, 6.45) is 4.50. The van der Waals surface area contributed by atoms with Crippen molar-refractivity contribution in [1.29, 1.82) is 0 Å². The summed E-state index contributed by atoms with van der Waals surface area (Å²) in [5.74, 6) is -1.69. The standard InChI is InChI=1S/C34H31BrFN5O4S2/c35-41-24-38-30-15-14-26(31-23-46-32(39-31)12-7-17-44-18-19-47(42,43)33-13-4-5-16-37-33)21-29(30)34(41,40-28-10-2-1-3-11-28)45-22-25-8-6-9-27(36)20-25/h1-6,8-11,13-16,20-21,23-24,40H,7,12,17-19,22H2. The van der Waals surface area contributed by atoms with E-state index in [-0.39, 0.29) is 29.8 Å². The number of nitrogens with one attached hydrogen (secondary N) is 1. The summed E-state index contributed by atoms with van der Waals surface area (Å²) in [7, 11) is -3.47. The van der Waals surface area contributed by atoms with E-state index in [1.807, 2.05) is 60.0 Å². The van der Waals surface area contributed by atoms with Crippen LogP contribution in [-0.4, -0.2) is 47.6 Å². The molecular weight excluding hydrogens is 705 g/mol. The zero-order valence-electron chi connectivity index (χ0n) is 25.1. The lowest BCUT2D eigenvalue weighted by Crippen LogP contribution is -2.50. The largest absolute Gasteiger partial charge is 0.380 e. The smallest absolute Gasteiger partial charge is 0.260 e. The third-order valence-electron chi connectivity index (χ3n) is 7.36. The molecule has 5 aromatic rings. The van der Waals surface area contributed by atoms with Crippen LogP contribution in [0.5, 0.6) is 0 Å². The van der Waals surface area contributed by atoms with Gasteiger partial charge in [-0.15, -0.1) is 11.3 Å². The van der Waals surface area contributed by atoms with Crippen LogP contribution in [0.25, 0.3) is 11.3 Å². The zero-order valence-corrected chi connectivity index (χ0v) is 28.3. The van der Waals surface area contributed by atoms with Crippen LogP contribution in [0, 0.1) is 5.82 Å². The summed E-state index contributed by atoms with van der Waals surface area (Å²) in [6, 6.07) is 26.7. The molecule has 1 N–H and O–H groups in total. The maximum absolute atomic E-state index is 14.0. The van der Waals surface area contributed by atoms with Crippen LogP contribution >= 0.6 is 27.5 Å². The molecule has 0 saturated carbocycles. The third kappa shape index (κ3) is 7.94. The number of sulfone groups is 1. The normalized spacial score (nSPS) is 15.8. The highest BCUT2D eigenvalue weighted by Gasteiger charge is 2.43. The third-order valence-corrected chi connectivity index (χ3v) is 10.5. The number of fused-ring (bicyclic) bond motifs is 1. The molecule has 0 bridgehead atoms. The number of aliphatic imine (C=N–C) groups is 1. The molecule has 2 aromatic heterocycles. The molecule has 0 radical (unpaired) electrons. The van der Waals surface area contributed by atoms with E-state index in [1.54, 1.807) is 39.8 Å². The number of nitrogens with zero attached hydrogens (tertiary/aromatic N) is 4. The van der Waals surface area contributed by atoms with Gasteiger partial charge in [0.25, 0.3) is 5.85 Å². The summed E-state index contributed by atoms with van der Waals surface area (Å²) in [5, 5.41) is 6.54. The first-order valence-corrected chi connectivity index (χ1v) is 18.1. The minimum atomic E-state index is -3.47. The molecule has 9 nitrogen and oxygen atoms in total. The Labute approximate surface area is 285 Å². The molecule has 0 saturated heterocycles. The molecule has 6 rings (SSSR count). The van der Waals surface area contributed by atoms with Crippen LogP contribution in [0.2, 0.25) is 0 Å². The number of pyridine rings is 1. The minimum absolute atomic E-state index is 0.0583. The first-order chi connectivity index (χ1) is 22.8. The van der Waals surface area contributed by atoms with Gasteiger partial charge in [-0.1, -0.05) is 42.5 Å². The highest BCUT2D eigenvalue weighted by Crippen LogP contribution is 2.43. The Hall–Kier alpha value is -4.01. The number of anilines is 1. The van der Waals surface area contributed by atoms with Gasteiger partial charge in [-0.2, -0.15) is 0 Å². The Kier molecular flexibility index (Phi) is 10.4. The molecule has 3 aromatic carbocycles. The van der Waals surface area contributed by atoms with Gasteiger partial charge in [0.2, 0.25) is 0 Å². The van der Waals surface area contributed by atoms with Gasteiger partial charge in [-0.3, -0.25) is 0 Å². The molecule has 1 unspecified atom stereocenters. The van der Waals surface area contributed by atoms with Crippen LogP contribution in [0.4, 0.5) is 15.8 Å². The monoisotopic (exact) mass is 735 g/mol. The summed E-state index contributed by atoms with van der Waals surface area (Å²) in [4.78, 5) is 13.4. The molecule has 47 heavy (non-hydrogen) atoms. The van der Waals surface area contributed by atoms with Crippen molar-refractivity contribution in [2.24, 2.45) is 4.99 Å². The van der Waals surface area contributed by atoms with E-state index in [1.165, 1.54) is 24.4 Å². The van der Waals surface area contributed by atoms with Gasteiger partial charge >= 0.3 is 0 Å². The van der Waals surface area contributed by atoms with E-state index >= 15 is 0 Å². The predicted molar refractivity (Wildman–Crippen MR) is 185 cm³/mol. The summed E-state index contributed by atoms with van der Waals surface area (Å²) < 4.78 is 52.7. The average molecular weight is 737 g/mol. The summed E-state index contributed by atoms with van der Waals surface area (Å²) in [6.45, 7) is 0.639. The Morgan fingerprint density at radius 1 is 0.979 bits per heavy atom. The molecule has 1 aliphatic heterocycles. The van der Waals surface area contributed by atoms with Gasteiger partial charge in [0.05, 0.1) is 57.1 Å². The van der Waals surface area contributed by atoms with E-state index < -0.39 is 15.7 Å². The molecule has 0 amide bonds. The predicted octanol–water partition coefficient (Wildman–Crippen LogP) is 7.49. The molecule has 3 heterocycles. The molecule has 13 heteroatoms. The van der Waals surface area contributed by atoms with E-state index in [2.05, 4.69) is 31.4 Å². The summed E-state index contributed by atoms with van der Waals surface area (Å²) in [5.41, 5.74) is 4.65. The maximum atomic E-state index is 14.0. The molecular formula is C34H31BrFN5O4S2. The van der Waals surface area contributed by atoms with E-state index in [4.69, 9.17) is 14.5 Å². The van der Waals surface area contributed by atoms with Crippen LogP contribution < -0.4 is 5.32 Å². The Morgan fingerprint density at radius 3 is 2.64 bits per heavy atom. The lowest BCUT2D eigenvalue weighted by atomic mass is 10.0. The number of halogens is 2. The number of aryl methyl sites for hydroxylation is 1. The van der Waals surface area contributed by atoms with Crippen molar-refractivity contribution in [2.75, 3.05) is 24.3 Å². The second-order valence-corrected chi connectivity index (χ2v) is 14.4. The van der Waals surface area contributed by atoms with Crippen LogP contribution in [0.15, 0.2) is 113 Å². The SMILES string of the molecule is O=S(=O)(CCOCCCc1nc(-c2ccc3c(c2)C(Nc2ccccc2)(OCc2cccc(F)c2)N(Br)C=N3)cs1)c1ccccn1. The molecule has 0 fully saturated rings. The van der Waals surface area contributed by atoms with Crippen molar-refractivity contribution in [1.82, 2.24) is 13.9 Å². The fraction of sp³-hybridized carbons (Fsp3) is 0.206. The molecule has 0 aliphatic carbocycles. The number of aromatic nitrogens is 2. The molecule has 1 atom stereocenters. The number of benzene rings is 3. The second kappa shape index (κ2) is 14.8. The van der Waals surface area contributed by atoms with Crippen molar-refractivity contribution in [3.05, 3.63) is 125 Å². The first-order valence-electron chi connectivity index (χ1n) is 14.8. The topological polar surface area (TPSA) is 106 Å². The average Bonchev–Trinajstić information content (AvgIpc) is 3.57. The fourth-order valence-electron chi connectivity index (χ4n) is 5.01. The van der Waals surface area contributed by atoms with E-state index in [0.717, 1.165) is 27.5 Å². The lowest BCUT2D eigenvalue weighted by molar-refractivity contribution is -0.0862. The van der Waals surface area contributed by atoms with Gasteiger partial charge in [0.15, 0.2) is 14.9 Å². The zero-order chi connectivity index (χ0) is 32.7. The van der Waals surface area contributed by atoms with Crippen molar-refractivity contribution in [2.45, 2.75) is 30.3 Å². The number of hydrogen-bond donors (Lipinski definition) is 1. The van der Waals surface area contributed by atoms with Crippen molar-refractivity contribution < 1.29 is 22.3 Å². The molecule has 1 aliphatic rings. The number of rotatable bonds is 14. The quantitative estimate of drug-likeness (QED) is 0.0711. The fourth-order valence-corrected chi connectivity index (χ4v) is 7.38. The summed E-state index contributed by atoms with van der Waals surface area (Å²) >= 11 is 5.20. The minimum Gasteiger partial charge on any atom is -0.380 e. The molecule has 0 spiro atoms. The first kappa shape index (κ1) is 32.9. The second-order valence-electron chi connectivity index (χ2n) is 10.7. The Balaban J connectivity index is 1.16. The van der Waals surface area contributed by atoms with E-state index in [9.17, 15) is 12.8 Å². The van der Waals surface area contributed by atoms with Gasteiger partial charge in [-0.25, -0.2) is 31.7 Å². The van der Waals surface area contributed by atoms with Crippen molar-refractivity contribution in [3.8, 4) is 11.3 Å². The number of para-hydroxylation sites is 1. The Morgan fingerprint density at radius 2 is 1.83 bits per heavy atom.